The second-order valence-electron chi connectivity index (χ2n) is 14.4. The molecule has 4 rings (SSSR count). The van der Waals surface area contributed by atoms with Crippen molar-refractivity contribution in [2.45, 2.75) is 103 Å². The third-order valence-corrected chi connectivity index (χ3v) is 10.8. The summed E-state index contributed by atoms with van der Waals surface area (Å²) in [5.74, 6) is -1.98. The summed E-state index contributed by atoms with van der Waals surface area (Å²) in [5, 5.41) is 2.90. The van der Waals surface area contributed by atoms with Gasteiger partial charge in [0.2, 0.25) is 11.8 Å². The van der Waals surface area contributed by atoms with E-state index in [0.29, 0.717) is 36.9 Å². The molecule has 1 aromatic heterocycles. The number of hydrogen-bond acceptors (Lipinski definition) is 10. The van der Waals surface area contributed by atoms with Crippen LogP contribution >= 0.6 is 8.03 Å². The number of hydrogen-bond donors (Lipinski definition) is 3. The van der Waals surface area contributed by atoms with Crippen LogP contribution in [0.15, 0.2) is 66.9 Å². The van der Waals surface area contributed by atoms with Crippen LogP contribution in [-0.4, -0.2) is 64.3 Å². The Morgan fingerprint density at radius 2 is 1.67 bits per heavy atom. The molecule has 13 nitrogen and oxygen atoms in total. The Bertz CT molecular complexity index is 1650. The summed E-state index contributed by atoms with van der Waals surface area (Å²) in [7, 11) is -1.13. The lowest BCUT2D eigenvalue weighted by Crippen LogP contribution is -2.55. The van der Waals surface area contributed by atoms with Crippen LogP contribution in [0.3, 0.4) is 0 Å². The van der Waals surface area contributed by atoms with E-state index in [-0.39, 0.29) is 43.4 Å². The van der Waals surface area contributed by atoms with Crippen LogP contribution in [0.5, 0.6) is 0 Å². The van der Waals surface area contributed by atoms with E-state index in [2.05, 4.69) is 15.3 Å². The number of imidazole rings is 1. The van der Waals surface area contributed by atoms with Crippen LogP contribution in [0, 0.1) is 17.8 Å². The van der Waals surface area contributed by atoms with Gasteiger partial charge in [-0.05, 0) is 53.2 Å². The molecule has 14 heteroatoms. The summed E-state index contributed by atoms with van der Waals surface area (Å²) in [6.45, 7) is 3.80. The molecule has 3 amide bonds. The number of imide groups is 1. The topological polar surface area (TPSA) is 183 Å². The third kappa shape index (κ3) is 14.0. The zero-order chi connectivity index (χ0) is 38.9. The number of nitrogens with two attached hydrogens (primary N) is 1. The van der Waals surface area contributed by atoms with Crippen LogP contribution in [-0.2, 0) is 52.4 Å². The molecule has 3 aromatic rings. The van der Waals surface area contributed by atoms with Crippen LogP contribution in [0.25, 0.3) is 0 Å². The van der Waals surface area contributed by atoms with Crippen molar-refractivity contribution >= 4 is 37.9 Å². The smallest absolute Gasteiger partial charge is 0.469 e. The molecule has 1 heterocycles. The molecule has 1 aliphatic rings. The summed E-state index contributed by atoms with van der Waals surface area (Å²) < 4.78 is 30.3. The van der Waals surface area contributed by atoms with Gasteiger partial charge in [0.15, 0.2) is 18.3 Å². The van der Waals surface area contributed by atoms with Gasteiger partial charge >= 0.3 is 20.1 Å². The Kier molecular flexibility index (Phi) is 17.1. The maximum atomic E-state index is 14.5. The van der Waals surface area contributed by atoms with E-state index in [1.165, 1.54) is 13.3 Å². The maximum absolute atomic E-state index is 14.5. The Morgan fingerprint density at radius 1 is 1.00 bits per heavy atom. The van der Waals surface area contributed by atoms with Crippen LogP contribution in [0.2, 0.25) is 0 Å². The number of aromatic nitrogens is 2. The van der Waals surface area contributed by atoms with E-state index in [9.17, 15) is 23.7 Å². The number of anilines is 1. The predicted molar refractivity (Wildman–Crippen MR) is 205 cm³/mol. The average Bonchev–Trinajstić information content (AvgIpc) is 3.58. The number of nitrogens with one attached hydrogen (secondary N) is 2. The lowest BCUT2D eigenvalue weighted by Gasteiger charge is -2.30. The van der Waals surface area contributed by atoms with Gasteiger partial charge in [-0.25, -0.2) is 14.7 Å². The zero-order valence-corrected chi connectivity index (χ0v) is 32.5. The fourth-order valence-electron chi connectivity index (χ4n) is 6.85. The fraction of sp³-hybridized carbons (Fsp3) is 0.525. The largest absolute Gasteiger partial charge is 0.511 e. The van der Waals surface area contributed by atoms with Gasteiger partial charge in [0.05, 0.1) is 13.3 Å². The molecule has 0 radical (unpaired) electrons. The van der Waals surface area contributed by atoms with Gasteiger partial charge in [-0.1, -0.05) is 107 Å². The van der Waals surface area contributed by atoms with Crippen molar-refractivity contribution in [1.82, 2.24) is 20.2 Å². The molecule has 1 fully saturated rings. The first-order valence-electron chi connectivity index (χ1n) is 18.9. The third-order valence-electron chi connectivity index (χ3n) is 9.53. The number of aromatic amines is 1. The molecule has 0 spiro atoms. The highest BCUT2D eigenvalue weighted by atomic mass is 31.1. The second kappa shape index (κ2) is 21.9. The molecular weight excluding hydrogens is 709 g/mol. The molecular formula is C40H55N5O8P+. The Balaban J connectivity index is 1.62. The molecule has 1 aliphatic carbocycles. The molecule has 54 heavy (non-hydrogen) atoms. The molecule has 2 aromatic carbocycles. The van der Waals surface area contributed by atoms with Crippen LogP contribution in [0.1, 0.15) is 88.5 Å². The maximum Gasteiger partial charge on any atom is 0.511 e. The highest BCUT2D eigenvalue weighted by Gasteiger charge is 2.40. The molecule has 0 saturated heterocycles. The van der Waals surface area contributed by atoms with Crippen molar-refractivity contribution in [3.8, 4) is 0 Å². The molecule has 4 N–H and O–H groups in total. The van der Waals surface area contributed by atoms with Gasteiger partial charge in [-0.3, -0.25) is 14.4 Å². The standard InChI is InChI=1S/C40H54N5O8P/c1-28(2)22-32(38(48)51-3)27-54(50)53-35(23-30-16-9-5-10-17-30)44-37(47)34(24-33-25-42-39(41)43-33)45(40(49)52-26-31-18-11-6-12-19-31)36(46)21-13-20-29-14-7-4-8-15-29/h4,6-8,11-12,14-15,18-19,25,28,30,32,34-35H,5,9-10,13,16-17,20-24,26-27H2,1-3H3,(H3-,41,42,43,44,47)/p+1/t32?,34-,35?/m0/s1. The van der Waals surface area contributed by atoms with Crippen molar-refractivity contribution in [1.29, 1.82) is 0 Å². The van der Waals surface area contributed by atoms with E-state index in [0.717, 1.165) is 42.6 Å². The molecule has 0 bridgehead atoms. The number of nitrogens with zero attached hydrogens (tertiary/aromatic N) is 2. The summed E-state index contributed by atoms with van der Waals surface area (Å²) in [6.07, 6.45) is 5.99. The number of amides is 3. The van der Waals surface area contributed by atoms with Gasteiger partial charge in [0, 0.05) is 18.5 Å². The van der Waals surface area contributed by atoms with E-state index in [1.807, 2.05) is 62.4 Å². The van der Waals surface area contributed by atoms with Crippen LogP contribution in [0.4, 0.5) is 10.7 Å². The first kappa shape index (κ1) is 42.1. The summed E-state index contributed by atoms with van der Waals surface area (Å²) in [6, 6.07) is 17.3. The van der Waals surface area contributed by atoms with Crippen molar-refractivity contribution in [3.63, 3.8) is 0 Å². The van der Waals surface area contributed by atoms with E-state index >= 15 is 0 Å². The summed E-state index contributed by atoms with van der Waals surface area (Å²) >= 11 is 0. The number of nitrogen functional groups attached to an aromatic ring is 1. The normalized spacial score (nSPS) is 15.1. The van der Waals surface area contributed by atoms with Crippen molar-refractivity contribution in [2.75, 3.05) is 19.0 Å². The number of esters is 1. The van der Waals surface area contributed by atoms with Crippen LogP contribution < -0.4 is 11.1 Å². The number of aryl methyl sites for hydroxylation is 1. The molecule has 3 unspecified atom stereocenters. The SMILES string of the molecule is COC(=O)C(CC(C)C)C[P+](=O)OC(CC1CCCCC1)NC(=O)[C@H](Cc1cnc(N)[nH]1)N(C(=O)CCCc1ccccc1)C(=O)OCc1ccccc1. The number of methoxy groups -OCH3 is 1. The first-order chi connectivity index (χ1) is 26.0. The number of benzene rings is 2. The molecule has 4 atom stereocenters. The minimum atomic E-state index is -2.42. The minimum absolute atomic E-state index is 0.0388. The minimum Gasteiger partial charge on any atom is -0.469 e. The van der Waals surface area contributed by atoms with Gasteiger partial charge in [0.25, 0.3) is 0 Å². The predicted octanol–water partition coefficient (Wildman–Crippen LogP) is 7.10. The number of rotatable bonds is 20. The number of carbonyl (C=O) groups excluding carboxylic acids is 4. The molecule has 1 saturated carbocycles. The van der Waals surface area contributed by atoms with Gasteiger partial charge in [0.1, 0.15) is 18.6 Å². The Labute approximate surface area is 319 Å². The summed E-state index contributed by atoms with van der Waals surface area (Å²) in [4.78, 5) is 62.9. The molecule has 0 aliphatic heterocycles. The average molecular weight is 765 g/mol. The monoisotopic (exact) mass is 764 g/mol. The van der Waals surface area contributed by atoms with Gasteiger partial charge in [-0.2, -0.15) is 0 Å². The summed E-state index contributed by atoms with van der Waals surface area (Å²) in [5.41, 5.74) is 8.03. The second-order valence-corrected chi connectivity index (χ2v) is 15.6. The highest BCUT2D eigenvalue weighted by Crippen LogP contribution is 2.34. The van der Waals surface area contributed by atoms with E-state index in [1.54, 1.807) is 12.1 Å². The Hall–Kier alpha value is -4.61. The highest BCUT2D eigenvalue weighted by molar-refractivity contribution is 7.39. The van der Waals surface area contributed by atoms with E-state index in [4.69, 9.17) is 19.7 Å². The number of ether oxygens (including phenoxy) is 2. The van der Waals surface area contributed by atoms with Crippen molar-refractivity contribution < 1.29 is 37.7 Å². The Morgan fingerprint density at radius 3 is 2.28 bits per heavy atom. The number of H-pyrrole nitrogens is 1. The lowest BCUT2D eigenvalue weighted by molar-refractivity contribution is -0.145. The fourth-order valence-corrected chi connectivity index (χ4v) is 8.01. The number of carbonyl (C=O) groups is 4. The van der Waals surface area contributed by atoms with E-state index < -0.39 is 50.1 Å². The zero-order valence-electron chi connectivity index (χ0n) is 31.6. The van der Waals surface area contributed by atoms with Gasteiger partial charge in [-0.15, -0.1) is 4.52 Å². The first-order valence-corrected chi connectivity index (χ1v) is 20.2. The molecule has 292 valence electrons. The van der Waals surface area contributed by atoms with Crippen molar-refractivity contribution in [2.24, 2.45) is 17.8 Å². The van der Waals surface area contributed by atoms with Crippen molar-refractivity contribution in [3.05, 3.63) is 83.7 Å². The quantitative estimate of drug-likeness (QED) is 0.0610. The van der Waals surface area contributed by atoms with Gasteiger partial charge < -0.3 is 25.5 Å². The lowest BCUT2D eigenvalue weighted by atomic mass is 9.86.